The van der Waals surface area contributed by atoms with Crippen molar-refractivity contribution in [1.29, 1.82) is 0 Å². The lowest BCUT2D eigenvalue weighted by Crippen LogP contribution is -2.61. The first-order valence-corrected chi connectivity index (χ1v) is 8.74. The Balaban J connectivity index is 1.61. The van der Waals surface area contributed by atoms with Crippen LogP contribution in [0.3, 0.4) is 0 Å². The molecule has 2 saturated heterocycles. The molecule has 1 saturated carbocycles. The quantitative estimate of drug-likeness (QED) is 0.626. The number of hydrogen-bond donors (Lipinski definition) is 4. The van der Waals surface area contributed by atoms with Gasteiger partial charge in [-0.3, -0.25) is 4.79 Å². The van der Waals surface area contributed by atoms with E-state index in [0.717, 1.165) is 38.5 Å². The van der Waals surface area contributed by atoms with Crippen LogP contribution >= 0.6 is 0 Å². The molecule has 3 amide bonds. The number of hydrogen-bond acceptors (Lipinski definition) is 3. The van der Waals surface area contributed by atoms with E-state index < -0.39 is 5.54 Å². The molecule has 6 nitrogen and oxygen atoms in total. The summed E-state index contributed by atoms with van der Waals surface area (Å²) in [7, 11) is 0. The minimum atomic E-state index is -0.705. The van der Waals surface area contributed by atoms with Crippen molar-refractivity contribution in [1.82, 2.24) is 21.3 Å². The SMILES string of the molecule is CCNC(=O)NC1(C(=O)NC2CC3CCC(C2)N3)CCCC1. The molecule has 4 N–H and O–H groups in total. The summed E-state index contributed by atoms with van der Waals surface area (Å²) in [5, 5.41) is 12.5. The highest BCUT2D eigenvalue weighted by molar-refractivity contribution is 5.91. The second-order valence-electron chi connectivity index (χ2n) is 7.05. The number of fused-ring (bicyclic) bond motifs is 2. The van der Waals surface area contributed by atoms with Crippen molar-refractivity contribution >= 4 is 11.9 Å². The van der Waals surface area contributed by atoms with E-state index in [2.05, 4.69) is 21.3 Å². The Morgan fingerprint density at radius 3 is 2.36 bits per heavy atom. The van der Waals surface area contributed by atoms with Gasteiger partial charge in [-0.05, 0) is 45.4 Å². The van der Waals surface area contributed by atoms with Crippen molar-refractivity contribution < 1.29 is 9.59 Å². The second kappa shape index (κ2) is 6.44. The van der Waals surface area contributed by atoms with E-state index >= 15 is 0 Å². The van der Waals surface area contributed by atoms with Crippen molar-refractivity contribution in [2.24, 2.45) is 0 Å². The highest BCUT2D eigenvalue weighted by atomic mass is 16.2. The number of nitrogens with one attached hydrogen (secondary N) is 4. The fourth-order valence-corrected chi connectivity index (χ4v) is 4.31. The number of rotatable bonds is 4. The normalized spacial score (nSPS) is 32.5. The van der Waals surface area contributed by atoms with Gasteiger partial charge >= 0.3 is 6.03 Å². The third kappa shape index (κ3) is 3.21. The highest BCUT2D eigenvalue weighted by Crippen LogP contribution is 2.32. The van der Waals surface area contributed by atoms with Gasteiger partial charge < -0.3 is 21.3 Å². The molecule has 2 bridgehead atoms. The van der Waals surface area contributed by atoms with Gasteiger partial charge in [0.1, 0.15) is 5.54 Å². The van der Waals surface area contributed by atoms with Gasteiger partial charge in [0, 0.05) is 24.7 Å². The standard InChI is InChI=1S/C16H28N4O2/c1-2-17-15(22)20-16(7-3-4-8-16)14(21)19-13-9-11-5-6-12(10-13)18-11/h11-13,18H,2-10H2,1H3,(H,19,21)(H2,17,20,22). The van der Waals surface area contributed by atoms with Crippen LogP contribution in [0.4, 0.5) is 4.79 Å². The van der Waals surface area contributed by atoms with E-state index in [1.807, 2.05) is 6.92 Å². The molecule has 1 aliphatic carbocycles. The van der Waals surface area contributed by atoms with E-state index in [1.54, 1.807) is 0 Å². The van der Waals surface area contributed by atoms with Gasteiger partial charge in [0.05, 0.1) is 0 Å². The highest BCUT2D eigenvalue weighted by Gasteiger charge is 2.44. The summed E-state index contributed by atoms with van der Waals surface area (Å²) in [6, 6.07) is 1.13. The molecule has 3 rings (SSSR count). The Morgan fingerprint density at radius 1 is 1.14 bits per heavy atom. The van der Waals surface area contributed by atoms with E-state index in [1.165, 1.54) is 12.8 Å². The number of piperidine rings is 1. The van der Waals surface area contributed by atoms with Gasteiger partial charge in [0.15, 0.2) is 0 Å². The van der Waals surface area contributed by atoms with E-state index in [4.69, 9.17) is 0 Å². The fraction of sp³-hybridized carbons (Fsp3) is 0.875. The maximum absolute atomic E-state index is 12.8. The van der Waals surface area contributed by atoms with Gasteiger partial charge in [-0.1, -0.05) is 12.8 Å². The fourth-order valence-electron chi connectivity index (χ4n) is 4.31. The molecule has 0 radical (unpaired) electrons. The largest absolute Gasteiger partial charge is 0.351 e. The third-order valence-corrected chi connectivity index (χ3v) is 5.39. The zero-order valence-electron chi connectivity index (χ0n) is 13.4. The smallest absolute Gasteiger partial charge is 0.315 e. The van der Waals surface area contributed by atoms with Crippen molar-refractivity contribution in [2.75, 3.05) is 6.54 Å². The summed E-state index contributed by atoms with van der Waals surface area (Å²) >= 11 is 0. The molecule has 2 heterocycles. The van der Waals surface area contributed by atoms with Crippen LogP contribution in [-0.2, 0) is 4.79 Å². The molecule has 2 unspecified atom stereocenters. The maximum atomic E-state index is 12.8. The van der Waals surface area contributed by atoms with Crippen LogP contribution in [0.2, 0.25) is 0 Å². The third-order valence-electron chi connectivity index (χ3n) is 5.39. The first-order chi connectivity index (χ1) is 10.6. The summed E-state index contributed by atoms with van der Waals surface area (Å²) < 4.78 is 0. The Bertz CT molecular complexity index is 422. The molecule has 124 valence electrons. The molecule has 2 atom stereocenters. The second-order valence-corrected chi connectivity index (χ2v) is 7.05. The van der Waals surface area contributed by atoms with Crippen LogP contribution in [0.1, 0.15) is 58.3 Å². The molecular formula is C16H28N4O2. The summed E-state index contributed by atoms with van der Waals surface area (Å²) in [6.45, 7) is 2.45. The van der Waals surface area contributed by atoms with Gasteiger partial charge in [-0.25, -0.2) is 4.79 Å². The average molecular weight is 308 g/mol. The lowest BCUT2D eigenvalue weighted by molar-refractivity contribution is -0.128. The molecule has 0 aromatic heterocycles. The van der Waals surface area contributed by atoms with Crippen LogP contribution in [0, 0.1) is 0 Å². The van der Waals surface area contributed by atoms with Crippen molar-refractivity contribution in [3.8, 4) is 0 Å². The van der Waals surface area contributed by atoms with Gasteiger partial charge in [0.25, 0.3) is 0 Å². The molecule has 2 aliphatic heterocycles. The van der Waals surface area contributed by atoms with E-state index in [0.29, 0.717) is 18.6 Å². The summed E-state index contributed by atoms with van der Waals surface area (Å²) in [4.78, 5) is 24.7. The molecule has 0 spiro atoms. The summed E-state index contributed by atoms with van der Waals surface area (Å²) in [5.74, 6) is 0.0163. The maximum Gasteiger partial charge on any atom is 0.315 e. The predicted octanol–water partition coefficient (Wildman–Crippen LogP) is 1.02. The number of carbonyl (C=O) groups is 2. The van der Waals surface area contributed by atoms with Crippen LogP contribution in [0.5, 0.6) is 0 Å². The lowest BCUT2D eigenvalue weighted by Gasteiger charge is -2.34. The Hall–Kier alpha value is -1.30. The minimum Gasteiger partial charge on any atom is -0.351 e. The zero-order chi connectivity index (χ0) is 15.6. The van der Waals surface area contributed by atoms with Crippen LogP contribution in [0.25, 0.3) is 0 Å². The first kappa shape index (κ1) is 15.6. The van der Waals surface area contributed by atoms with Gasteiger partial charge in [-0.15, -0.1) is 0 Å². The van der Waals surface area contributed by atoms with Crippen molar-refractivity contribution in [3.05, 3.63) is 0 Å². The summed E-state index contributed by atoms with van der Waals surface area (Å²) in [6.07, 6.45) is 7.95. The number of carbonyl (C=O) groups excluding carboxylic acids is 2. The van der Waals surface area contributed by atoms with Gasteiger partial charge in [-0.2, -0.15) is 0 Å². The lowest BCUT2D eigenvalue weighted by atomic mass is 9.93. The Morgan fingerprint density at radius 2 is 1.77 bits per heavy atom. The molecule has 0 aromatic rings. The Kier molecular flexibility index (Phi) is 4.57. The average Bonchev–Trinajstić information content (AvgIpc) is 3.07. The summed E-state index contributed by atoms with van der Waals surface area (Å²) in [5.41, 5.74) is -0.705. The molecule has 6 heteroatoms. The molecule has 3 aliphatic rings. The molecule has 22 heavy (non-hydrogen) atoms. The van der Waals surface area contributed by atoms with E-state index in [9.17, 15) is 9.59 Å². The van der Waals surface area contributed by atoms with Gasteiger partial charge in [0.2, 0.25) is 5.91 Å². The first-order valence-electron chi connectivity index (χ1n) is 8.74. The van der Waals surface area contributed by atoms with E-state index in [-0.39, 0.29) is 18.0 Å². The van der Waals surface area contributed by atoms with Crippen LogP contribution < -0.4 is 21.3 Å². The monoisotopic (exact) mass is 308 g/mol. The van der Waals surface area contributed by atoms with Crippen molar-refractivity contribution in [3.63, 3.8) is 0 Å². The minimum absolute atomic E-state index is 0.0163. The number of urea groups is 1. The molecule has 3 fully saturated rings. The number of amides is 3. The van der Waals surface area contributed by atoms with Crippen molar-refractivity contribution in [2.45, 2.75) is 82.0 Å². The topological polar surface area (TPSA) is 82.3 Å². The Labute approximate surface area is 132 Å². The predicted molar refractivity (Wildman–Crippen MR) is 84.5 cm³/mol. The molecule has 0 aromatic carbocycles. The van der Waals surface area contributed by atoms with Crippen LogP contribution in [-0.4, -0.2) is 42.1 Å². The zero-order valence-corrected chi connectivity index (χ0v) is 13.4. The molecular weight excluding hydrogens is 280 g/mol. The van der Waals surface area contributed by atoms with Crippen LogP contribution in [0.15, 0.2) is 0 Å².